The molecular formula is C20H22N2O4S. The van der Waals surface area contributed by atoms with Crippen molar-refractivity contribution in [3.63, 3.8) is 0 Å². The summed E-state index contributed by atoms with van der Waals surface area (Å²) in [6.45, 7) is 0.650. The Morgan fingerprint density at radius 1 is 1.11 bits per heavy atom. The first-order valence-electron chi connectivity index (χ1n) is 9.01. The first kappa shape index (κ1) is 18.2. The van der Waals surface area contributed by atoms with Gasteiger partial charge in [0.15, 0.2) is 9.84 Å². The maximum absolute atomic E-state index is 12.9. The Morgan fingerprint density at radius 3 is 2.59 bits per heavy atom. The lowest BCUT2D eigenvalue weighted by molar-refractivity contribution is -0.0161. The van der Waals surface area contributed by atoms with E-state index in [1.54, 1.807) is 36.4 Å². The zero-order chi connectivity index (χ0) is 19.0. The second-order valence-electron chi connectivity index (χ2n) is 7.11. The van der Waals surface area contributed by atoms with E-state index in [1.807, 2.05) is 6.07 Å². The second-order valence-corrected chi connectivity index (χ2v) is 9.06. The number of nitrogens with two attached hydrogens (primary N) is 1. The molecule has 1 aliphatic heterocycles. The summed E-state index contributed by atoms with van der Waals surface area (Å²) >= 11 is 0. The van der Waals surface area contributed by atoms with E-state index in [9.17, 15) is 13.2 Å². The summed E-state index contributed by atoms with van der Waals surface area (Å²) < 4.78 is 31.5. The van der Waals surface area contributed by atoms with Gasteiger partial charge in [0.05, 0.1) is 28.4 Å². The average Bonchev–Trinajstić information content (AvgIpc) is 3.11. The number of hydrogen-bond donors (Lipinski definition) is 2. The average molecular weight is 386 g/mol. The number of nitrogens with one attached hydrogen (secondary N) is 1. The number of ether oxygens (including phenoxy) is 1. The van der Waals surface area contributed by atoms with E-state index in [0.717, 1.165) is 6.42 Å². The number of rotatable bonds is 5. The summed E-state index contributed by atoms with van der Waals surface area (Å²) in [4.78, 5) is 12.8. The lowest BCUT2D eigenvalue weighted by Gasteiger charge is -2.45. The van der Waals surface area contributed by atoms with Gasteiger partial charge < -0.3 is 15.8 Å². The quantitative estimate of drug-likeness (QED) is 0.812. The highest BCUT2D eigenvalue weighted by Gasteiger charge is 2.52. The summed E-state index contributed by atoms with van der Waals surface area (Å²) in [6.07, 6.45) is 0.831. The van der Waals surface area contributed by atoms with Crippen LogP contribution >= 0.6 is 0 Å². The van der Waals surface area contributed by atoms with E-state index in [-0.39, 0.29) is 40.3 Å². The van der Waals surface area contributed by atoms with Crippen LogP contribution in [0.4, 0.5) is 0 Å². The molecule has 2 aromatic carbocycles. The number of amides is 1. The molecule has 1 saturated heterocycles. The predicted molar refractivity (Wildman–Crippen MR) is 101 cm³/mol. The predicted octanol–water partition coefficient (Wildman–Crippen LogP) is 1.50. The van der Waals surface area contributed by atoms with Crippen molar-refractivity contribution in [1.29, 1.82) is 0 Å². The molecule has 0 aromatic heterocycles. The van der Waals surface area contributed by atoms with Crippen LogP contribution in [0.2, 0.25) is 0 Å². The van der Waals surface area contributed by atoms with Gasteiger partial charge in [-0.05, 0) is 24.1 Å². The molecule has 0 bridgehead atoms. The Kier molecular flexibility index (Phi) is 4.75. The molecule has 4 atom stereocenters. The molecule has 0 radical (unpaired) electrons. The van der Waals surface area contributed by atoms with E-state index >= 15 is 0 Å². The molecule has 27 heavy (non-hydrogen) atoms. The maximum atomic E-state index is 12.9. The van der Waals surface area contributed by atoms with Crippen LogP contribution in [0.25, 0.3) is 0 Å². The second kappa shape index (κ2) is 7.07. The third-order valence-electron chi connectivity index (χ3n) is 5.41. The van der Waals surface area contributed by atoms with Crippen molar-refractivity contribution in [1.82, 2.24) is 5.32 Å². The van der Waals surface area contributed by atoms with Gasteiger partial charge in [0, 0.05) is 18.6 Å². The topological polar surface area (TPSA) is 98.5 Å². The summed E-state index contributed by atoms with van der Waals surface area (Å²) in [5, 5.41) is 2.88. The van der Waals surface area contributed by atoms with Gasteiger partial charge in [0.25, 0.3) is 5.91 Å². The van der Waals surface area contributed by atoms with Crippen molar-refractivity contribution in [2.45, 2.75) is 35.3 Å². The van der Waals surface area contributed by atoms with E-state index in [1.165, 1.54) is 12.1 Å². The minimum Gasteiger partial charge on any atom is -0.376 e. The van der Waals surface area contributed by atoms with Crippen molar-refractivity contribution in [3.8, 4) is 0 Å². The molecule has 1 saturated carbocycles. The van der Waals surface area contributed by atoms with Crippen molar-refractivity contribution in [2.75, 3.05) is 6.61 Å². The van der Waals surface area contributed by atoms with Crippen LogP contribution in [-0.2, 0) is 20.3 Å². The molecule has 0 unspecified atom stereocenters. The van der Waals surface area contributed by atoms with Crippen LogP contribution in [0.3, 0.4) is 0 Å². The fraction of sp³-hybridized carbons (Fsp3) is 0.350. The first-order chi connectivity index (χ1) is 13.0. The number of benzene rings is 2. The molecule has 4 rings (SSSR count). The summed E-state index contributed by atoms with van der Waals surface area (Å²) in [7, 11) is -3.67. The SMILES string of the molecule is N[C@H]1[C@H]2CCO[C@H]2[C@@H]1NC(=O)c1ccccc1S(=O)(=O)Cc1ccccc1. The fourth-order valence-corrected chi connectivity index (χ4v) is 5.52. The van der Waals surface area contributed by atoms with Crippen LogP contribution in [0, 0.1) is 5.92 Å². The highest BCUT2D eigenvalue weighted by molar-refractivity contribution is 7.90. The van der Waals surface area contributed by atoms with Gasteiger partial charge in [-0.1, -0.05) is 42.5 Å². The number of hydrogen-bond acceptors (Lipinski definition) is 5. The molecule has 2 aromatic rings. The number of sulfone groups is 1. The van der Waals surface area contributed by atoms with Crippen LogP contribution in [-0.4, -0.2) is 39.1 Å². The standard InChI is InChI=1S/C20H22N2O4S/c21-17-15-10-11-26-19(15)18(17)22-20(23)14-8-4-5-9-16(14)27(24,25)12-13-6-2-1-3-7-13/h1-9,15,17-19H,10-12,21H2,(H,22,23)/t15-,17+,18-,19-/m1/s1. The highest BCUT2D eigenvalue weighted by Crippen LogP contribution is 2.38. The van der Waals surface area contributed by atoms with E-state index in [2.05, 4.69) is 5.32 Å². The van der Waals surface area contributed by atoms with Gasteiger partial charge in [-0.15, -0.1) is 0 Å². The molecule has 7 heteroatoms. The Balaban J connectivity index is 1.56. The van der Waals surface area contributed by atoms with E-state index < -0.39 is 15.7 Å². The van der Waals surface area contributed by atoms with Crippen LogP contribution in [0.1, 0.15) is 22.3 Å². The normalized spacial score (nSPS) is 26.9. The molecule has 2 aliphatic rings. The van der Waals surface area contributed by atoms with E-state index in [0.29, 0.717) is 12.2 Å². The highest BCUT2D eigenvalue weighted by atomic mass is 32.2. The molecule has 2 fully saturated rings. The molecular weight excluding hydrogens is 364 g/mol. The minimum atomic E-state index is -3.67. The van der Waals surface area contributed by atoms with Gasteiger partial charge >= 0.3 is 0 Å². The lowest BCUT2D eigenvalue weighted by Crippen LogP contribution is -2.69. The smallest absolute Gasteiger partial charge is 0.252 e. The van der Waals surface area contributed by atoms with Crippen molar-refractivity contribution >= 4 is 15.7 Å². The van der Waals surface area contributed by atoms with Crippen molar-refractivity contribution in [3.05, 3.63) is 65.7 Å². The number of fused-ring (bicyclic) bond motifs is 1. The Hall–Kier alpha value is -2.22. The third kappa shape index (κ3) is 3.38. The van der Waals surface area contributed by atoms with Crippen molar-refractivity contribution in [2.24, 2.45) is 11.7 Å². The maximum Gasteiger partial charge on any atom is 0.252 e. The van der Waals surface area contributed by atoms with Gasteiger partial charge in [0.2, 0.25) is 0 Å². The lowest BCUT2D eigenvalue weighted by atomic mass is 9.72. The van der Waals surface area contributed by atoms with Gasteiger partial charge in [-0.2, -0.15) is 0 Å². The zero-order valence-electron chi connectivity index (χ0n) is 14.7. The van der Waals surface area contributed by atoms with Gasteiger partial charge in [0.1, 0.15) is 0 Å². The molecule has 142 valence electrons. The molecule has 1 aliphatic carbocycles. The van der Waals surface area contributed by atoms with Crippen molar-refractivity contribution < 1.29 is 17.9 Å². The zero-order valence-corrected chi connectivity index (χ0v) is 15.6. The summed E-state index contributed by atoms with van der Waals surface area (Å²) in [5.41, 5.74) is 6.96. The number of carbonyl (C=O) groups excluding carboxylic acids is 1. The Morgan fingerprint density at radius 2 is 1.81 bits per heavy atom. The third-order valence-corrected chi connectivity index (χ3v) is 7.15. The molecule has 3 N–H and O–H groups in total. The fourth-order valence-electron chi connectivity index (χ4n) is 3.95. The first-order valence-corrected chi connectivity index (χ1v) is 10.7. The van der Waals surface area contributed by atoms with Gasteiger partial charge in [-0.25, -0.2) is 8.42 Å². The summed E-state index contributed by atoms with van der Waals surface area (Å²) in [5.74, 6) is -0.321. The monoisotopic (exact) mass is 386 g/mol. The molecule has 6 nitrogen and oxygen atoms in total. The van der Waals surface area contributed by atoms with Crippen LogP contribution in [0.15, 0.2) is 59.5 Å². The van der Waals surface area contributed by atoms with Gasteiger partial charge in [-0.3, -0.25) is 4.79 Å². The molecule has 1 heterocycles. The Labute approximate surface area is 158 Å². The van der Waals surface area contributed by atoms with E-state index in [4.69, 9.17) is 10.5 Å². The Bertz CT molecular complexity index is 945. The van der Waals surface area contributed by atoms with Crippen LogP contribution < -0.4 is 11.1 Å². The number of carbonyl (C=O) groups is 1. The largest absolute Gasteiger partial charge is 0.376 e. The molecule has 0 spiro atoms. The minimum absolute atomic E-state index is 0.0307. The molecule has 1 amide bonds. The summed E-state index contributed by atoms with van der Waals surface area (Å²) in [6, 6.07) is 14.8. The van der Waals surface area contributed by atoms with Crippen LogP contribution in [0.5, 0.6) is 0 Å².